The van der Waals surface area contributed by atoms with Crippen LogP contribution in [0.4, 0.5) is 15.8 Å². The minimum atomic E-state index is -0.323. The van der Waals surface area contributed by atoms with Gasteiger partial charge in [0.2, 0.25) is 0 Å². The van der Waals surface area contributed by atoms with Gasteiger partial charge in [0.1, 0.15) is 11.6 Å². The molecule has 0 spiro atoms. The molecule has 1 heterocycles. The van der Waals surface area contributed by atoms with Crippen LogP contribution >= 0.6 is 0 Å². The molecule has 140 valence electrons. The van der Waals surface area contributed by atoms with Gasteiger partial charge in [0, 0.05) is 17.3 Å². The molecule has 5 nitrogen and oxygen atoms in total. The second kappa shape index (κ2) is 7.52. The number of anilines is 2. The zero-order valence-electron chi connectivity index (χ0n) is 14.9. The number of nitrogens with one attached hydrogen (secondary N) is 1. The molecule has 3 aromatic rings. The van der Waals surface area contributed by atoms with Gasteiger partial charge < -0.3 is 15.0 Å². The Hall–Kier alpha value is -3.67. The second-order valence-corrected chi connectivity index (χ2v) is 6.40. The summed E-state index contributed by atoms with van der Waals surface area (Å²) in [6.45, 7) is 0.218. The van der Waals surface area contributed by atoms with Crippen molar-refractivity contribution in [1.82, 2.24) is 0 Å². The van der Waals surface area contributed by atoms with Gasteiger partial charge in [-0.05, 0) is 42.0 Å². The second-order valence-electron chi connectivity index (χ2n) is 6.40. The lowest BCUT2D eigenvalue weighted by Crippen LogP contribution is -2.38. The summed E-state index contributed by atoms with van der Waals surface area (Å²) in [5, 5.41) is 2.83. The third kappa shape index (κ3) is 3.71. The molecule has 0 aliphatic carbocycles. The van der Waals surface area contributed by atoms with E-state index in [4.69, 9.17) is 4.74 Å². The number of nitrogens with zero attached hydrogens (tertiary/aromatic N) is 1. The van der Waals surface area contributed by atoms with E-state index >= 15 is 0 Å². The first-order chi connectivity index (χ1) is 13.6. The van der Waals surface area contributed by atoms with Gasteiger partial charge in [-0.15, -0.1) is 0 Å². The summed E-state index contributed by atoms with van der Waals surface area (Å²) in [5.41, 5.74) is 2.54. The van der Waals surface area contributed by atoms with Crippen LogP contribution in [0.1, 0.15) is 15.9 Å². The maximum Gasteiger partial charge on any atom is 0.265 e. The van der Waals surface area contributed by atoms with Crippen LogP contribution in [0.25, 0.3) is 0 Å². The highest BCUT2D eigenvalue weighted by Gasteiger charge is 2.26. The predicted molar refractivity (Wildman–Crippen MR) is 104 cm³/mol. The molecule has 28 heavy (non-hydrogen) atoms. The summed E-state index contributed by atoms with van der Waals surface area (Å²) in [5.74, 6) is -0.225. The number of hydrogen-bond acceptors (Lipinski definition) is 3. The predicted octanol–water partition coefficient (Wildman–Crippen LogP) is 4.00. The highest BCUT2D eigenvalue weighted by Crippen LogP contribution is 2.35. The van der Waals surface area contributed by atoms with E-state index in [1.165, 1.54) is 12.1 Å². The number of carbonyl (C=O) groups is 2. The van der Waals surface area contributed by atoms with Gasteiger partial charge in [0.05, 0.1) is 12.2 Å². The Morgan fingerprint density at radius 2 is 1.79 bits per heavy atom. The average Bonchev–Trinajstić information content (AvgIpc) is 2.72. The van der Waals surface area contributed by atoms with Crippen molar-refractivity contribution in [3.8, 4) is 5.75 Å². The summed E-state index contributed by atoms with van der Waals surface area (Å²) < 4.78 is 18.7. The van der Waals surface area contributed by atoms with Crippen LogP contribution in [0.2, 0.25) is 0 Å². The molecule has 1 N–H and O–H groups in total. The van der Waals surface area contributed by atoms with Crippen molar-refractivity contribution in [3.63, 3.8) is 0 Å². The quantitative estimate of drug-likeness (QED) is 0.749. The van der Waals surface area contributed by atoms with Gasteiger partial charge in [0.15, 0.2) is 6.61 Å². The summed E-state index contributed by atoms with van der Waals surface area (Å²) in [6, 6.07) is 20.1. The summed E-state index contributed by atoms with van der Waals surface area (Å²) in [6.07, 6.45) is 0. The molecule has 1 aliphatic heterocycles. The molecule has 1 aliphatic rings. The largest absolute Gasteiger partial charge is 0.481 e. The molecule has 3 aromatic carbocycles. The average molecular weight is 376 g/mol. The van der Waals surface area contributed by atoms with E-state index in [1.807, 2.05) is 6.07 Å². The van der Waals surface area contributed by atoms with E-state index in [0.29, 0.717) is 29.2 Å². The SMILES string of the molecule is O=C(Nc1ccc2c(c1)OCC(=O)N2Cc1ccc(F)cc1)c1ccccc1. The van der Waals surface area contributed by atoms with Crippen LogP contribution in [0.5, 0.6) is 5.75 Å². The van der Waals surface area contributed by atoms with Crippen molar-refractivity contribution in [1.29, 1.82) is 0 Å². The maximum atomic E-state index is 13.1. The fraction of sp³-hybridized carbons (Fsp3) is 0.0909. The number of ether oxygens (including phenoxy) is 1. The van der Waals surface area contributed by atoms with Gasteiger partial charge in [-0.3, -0.25) is 9.59 Å². The number of carbonyl (C=O) groups excluding carboxylic acids is 2. The number of halogens is 1. The van der Waals surface area contributed by atoms with Crippen molar-refractivity contribution in [3.05, 3.63) is 89.7 Å². The Bertz CT molecular complexity index is 1020. The molecular weight excluding hydrogens is 359 g/mol. The minimum absolute atomic E-state index is 0.0930. The van der Waals surface area contributed by atoms with Crippen LogP contribution in [-0.2, 0) is 11.3 Å². The molecular formula is C22H17FN2O3. The molecule has 0 fully saturated rings. The molecule has 0 saturated heterocycles. The number of amides is 2. The van der Waals surface area contributed by atoms with Gasteiger partial charge in [0.25, 0.3) is 11.8 Å². The fourth-order valence-corrected chi connectivity index (χ4v) is 3.02. The third-order valence-electron chi connectivity index (χ3n) is 4.45. The Labute approximate surface area is 161 Å². The smallest absolute Gasteiger partial charge is 0.265 e. The molecule has 0 aromatic heterocycles. The Morgan fingerprint density at radius 3 is 2.54 bits per heavy atom. The van der Waals surface area contributed by atoms with E-state index in [-0.39, 0.29) is 24.2 Å². The van der Waals surface area contributed by atoms with Crippen molar-refractivity contribution in [2.24, 2.45) is 0 Å². The number of hydrogen-bond donors (Lipinski definition) is 1. The van der Waals surface area contributed by atoms with Crippen molar-refractivity contribution in [2.75, 3.05) is 16.8 Å². The lowest BCUT2D eigenvalue weighted by atomic mass is 10.1. The molecule has 4 rings (SSSR count). The summed E-state index contributed by atoms with van der Waals surface area (Å²) in [4.78, 5) is 26.2. The molecule has 2 amide bonds. The standard InChI is InChI=1S/C22H17FN2O3/c23-17-8-6-15(7-9-17)13-25-19-11-10-18(12-20(19)28-14-21(25)26)24-22(27)16-4-2-1-3-5-16/h1-12H,13-14H2,(H,24,27). The normalized spacial score (nSPS) is 12.9. The van der Waals surface area contributed by atoms with E-state index in [1.54, 1.807) is 59.5 Å². The van der Waals surface area contributed by atoms with E-state index in [0.717, 1.165) is 5.56 Å². The first kappa shape index (κ1) is 17.7. The molecule has 0 unspecified atom stereocenters. The minimum Gasteiger partial charge on any atom is -0.481 e. The van der Waals surface area contributed by atoms with Crippen LogP contribution in [0, 0.1) is 5.82 Å². The van der Waals surface area contributed by atoms with E-state index in [9.17, 15) is 14.0 Å². The molecule has 6 heteroatoms. The maximum absolute atomic E-state index is 13.1. The molecule has 0 radical (unpaired) electrons. The number of benzene rings is 3. The van der Waals surface area contributed by atoms with Crippen LogP contribution in [-0.4, -0.2) is 18.4 Å². The first-order valence-electron chi connectivity index (χ1n) is 8.78. The van der Waals surface area contributed by atoms with E-state index < -0.39 is 0 Å². The lowest BCUT2D eigenvalue weighted by Gasteiger charge is -2.29. The molecule has 0 saturated carbocycles. The topological polar surface area (TPSA) is 58.6 Å². The first-order valence-corrected chi connectivity index (χ1v) is 8.78. The summed E-state index contributed by atoms with van der Waals surface area (Å²) >= 11 is 0. The zero-order chi connectivity index (χ0) is 19.5. The Balaban J connectivity index is 1.55. The fourth-order valence-electron chi connectivity index (χ4n) is 3.02. The Morgan fingerprint density at radius 1 is 1.04 bits per heavy atom. The van der Waals surface area contributed by atoms with Crippen LogP contribution in [0.3, 0.4) is 0 Å². The highest BCUT2D eigenvalue weighted by atomic mass is 19.1. The highest BCUT2D eigenvalue weighted by molar-refractivity contribution is 6.05. The lowest BCUT2D eigenvalue weighted by molar-refractivity contribution is -0.121. The van der Waals surface area contributed by atoms with Gasteiger partial charge >= 0.3 is 0 Å². The van der Waals surface area contributed by atoms with Gasteiger partial charge in [-0.1, -0.05) is 30.3 Å². The Kier molecular flexibility index (Phi) is 4.76. The number of fused-ring (bicyclic) bond motifs is 1. The molecule has 0 atom stereocenters. The van der Waals surface area contributed by atoms with Crippen molar-refractivity contribution in [2.45, 2.75) is 6.54 Å². The number of rotatable bonds is 4. The van der Waals surface area contributed by atoms with Crippen molar-refractivity contribution >= 4 is 23.2 Å². The third-order valence-corrected chi connectivity index (χ3v) is 4.45. The van der Waals surface area contributed by atoms with Gasteiger partial charge in [-0.25, -0.2) is 4.39 Å². The van der Waals surface area contributed by atoms with Crippen molar-refractivity contribution < 1.29 is 18.7 Å². The van der Waals surface area contributed by atoms with Crippen LogP contribution in [0.15, 0.2) is 72.8 Å². The van der Waals surface area contributed by atoms with E-state index in [2.05, 4.69) is 5.32 Å². The van der Waals surface area contributed by atoms with Crippen LogP contribution < -0.4 is 15.0 Å². The zero-order valence-corrected chi connectivity index (χ0v) is 14.9. The van der Waals surface area contributed by atoms with Gasteiger partial charge in [-0.2, -0.15) is 0 Å². The monoisotopic (exact) mass is 376 g/mol. The molecule has 0 bridgehead atoms. The summed E-state index contributed by atoms with van der Waals surface area (Å²) in [7, 11) is 0.